The van der Waals surface area contributed by atoms with Crippen molar-refractivity contribution in [3.63, 3.8) is 0 Å². The van der Waals surface area contributed by atoms with E-state index < -0.39 is 5.60 Å². The maximum absolute atomic E-state index is 11.7. The molecule has 0 spiro atoms. The van der Waals surface area contributed by atoms with E-state index in [1.54, 1.807) is 32.3 Å². The van der Waals surface area contributed by atoms with Gasteiger partial charge in [-0.1, -0.05) is 41.1 Å². The molecule has 0 amide bonds. The number of halogens is 1. The Bertz CT molecular complexity index is 978. The van der Waals surface area contributed by atoms with Gasteiger partial charge in [-0.2, -0.15) is 5.10 Å². The number of hydrogen-bond donors (Lipinski definition) is 0. The summed E-state index contributed by atoms with van der Waals surface area (Å²) in [5, 5.41) is 6.24. The number of aromatic nitrogens is 2. The zero-order chi connectivity index (χ0) is 20.3. The van der Waals surface area contributed by atoms with Gasteiger partial charge in [0, 0.05) is 5.02 Å². The average Bonchev–Trinajstić information content (AvgIpc) is 3.28. The fourth-order valence-corrected chi connectivity index (χ4v) is 3.61. The van der Waals surface area contributed by atoms with Crippen molar-refractivity contribution in [3.05, 3.63) is 58.7 Å². The van der Waals surface area contributed by atoms with Crippen LogP contribution in [0.15, 0.2) is 42.5 Å². The molecule has 0 aliphatic carbocycles. The Balaban J connectivity index is 1.93. The lowest BCUT2D eigenvalue weighted by Crippen LogP contribution is -2.32. The molecule has 0 fully saturated rings. The summed E-state index contributed by atoms with van der Waals surface area (Å²) in [6.07, 6.45) is 0. The van der Waals surface area contributed by atoms with E-state index in [0.29, 0.717) is 11.6 Å². The van der Waals surface area contributed by atoms with Gasteiger partial charge in [0.2, 0.25) is 0 Å². The van der Waals surface area contributed by atoms with Gasteiger partial charge in [0.1, 0.15) is 5.60 Å². The summed E-state index contributed by atoms with van der Waals surface area (Å²) >= 11 is 7.89. The van der Waals surface area contributed by atoms with Crippen molar-refractivity contribution in [2.24, 2.45) is 0 Å². The maximum atomic E-state index is 11.7. The number of benzene rings is 1. The molecule has 7 heteroatoms. The van der Waals surface area contributed by atoms with E-state index in [1.165, 1.54) is 6.92 Å². The number of thiophene rings is 1. The van der Waals surface area contributed by atoms with Gasteiger partial charge < -0.3 is 9.47 Å². The van der Waals surface area contributed by atoms with E-state index >= 15 is 0 Å². The molecule has 0 radical (unpaired) electrons. The lowest BCUT2D eigenvalue weighted by molar-refractivity contribution is -0.139. The summed E-state index contributed by atoms with van der Waals surface area (Å²) in [4.78, 5) is 12.8. The Morgan fingerprint density at radius 3 is 2.64 bits per heavy atom. The predicted molar refractivity (Wildman–Crippen MR) is 112 cm³/mol. The first kappa shape index (κ1) is 20.6. The molecule has 28 heavy (non-hydrogen) atoms. The highest BCUT2D eigenvalue weighted by atomic mass is 35.5. The van der Waals surface area contributed by atoms with Crippen LogP contribution in [0.3, 0.4) is 0 Å². The van der Waals surface area contributed by atoms with Gasteiger partial charge in [0.25, 0.3) is 0 Å². The Morgan fingerprint density at radius 2 is 2.00 bits per heavy atom. The lowest BCUT2D eigenvalue weighted by atomic mass is 10.1. The van der Waals surface area contributed by atoms with E-state index in [9.17, 15) is 4.79 Å². The third-order valence-corrected chi connectivity index (χ3v) is 6.01. The van der Waals surface area contributed by atoms with Gasteiger partial charge >= 0.3 is 0 Å². The molecule has 0 bridgehead atoms. The number of methoxy groups -OCH3 is 1. The summed E-state index contributed by atoms with van der Waals surface area (Å²) in [7, 11) is 1.65. The van der Waals surface area contributed by atoms with Crippen LogP contribution in [0.5, 0.6) is 5.06 Å². The molecule has 2 aromatic heterocycles. The first-order chi connectivity index (χ1) is 13.3. The monoisotopic (exact) mass is 418 g/mol. The number of rotatable bonds is 8. The first-order valence-corrected chi connectivity index (χ1v) is 10.1. The Labute approximate surface area is 173 Å². The highest BCUT2D eigenvalue weighted by Crippen LogP contribution is 2.34. The predicted octanol–water partition coefficient (Wildman–Crippen LogP) is 5.21. The van der Waals surface area contributed by atoms with Crippen molar-refractivity contribution in [2.75, 3.05) is 7.11 Å². The molecule has 0 unspecified atom stereocenters. The summed E-state index contributed by atoms with van der Waals surface area (Å²) < 4.78 is 13.0. The summed E-state index contributed by atoms with van der Waals surface area (Å²) in [5.74, 6) is -0.0220. The maximum Gasteiger partial charge on any atom is 0.173 e. The van der Waals surface area contributed by atoms with E-state index in [-0.39, 0.29) is 12.4 Å². The fourth-order valence-electron chi connectivity index (χ4n) is 2.57. The van der Waals surface area contributed by atoms with Crippen LogP contribution in [0.1, 0.15) is 32.0 Å². The summed E-state index contributed by atoms with van der Waals surface area (Å²) in [6.45, 7) is 5.84. The van der Waals surface area contributed by atoms with Crippen molar-refractivity contribution >= 4 is 28.7 Å². The van der Waals surface area contributed by atoms with Crippen LogP contribution in [-0.4, -0.2) is 28.3 Å². The molecular weight excluding hydrogens is 396 g/mol. The number of nitrogens with zero attached hydrogens (tertiary/aromatic N) is 2. The van der Waals surface area contributed by atoms with Gasteiger partial charge in [0.05, 0.1) is 36.5 Å². The normalized spacial score (nSPS) is 11.6. The van der Waals surface area contributed by atoms with Crippen molar-refractivity contribution in [1.29, 1.82) is 0 Å². The highest BCUT2D eigenvalue weighted by Gasteiger charge is 2.25. The van der Waals surface area contributed by atoms with Crippen molar-refractivity contribution in [2.45, 2.75) is 39.5 Å². The molecule has 3 aromatic rings. The lowest BCUT2D eigenvalue weighted by Gasteiger charge is -2.21. The van der Waals surface area contributed by atoms with Gasteiger partial charge in [-0.3, -0.25) is 9.48 Å². The van der Waals surface area contributed by atoms with Crippen LogP contribution in [0, 0.1) is 0 Å². The fraction of sp³-hybridized carbons (Fsp3) is 0.333. The Morgan fingerprint density at radius 1 is 1.25 bits per heavy atom. The second kappa shape index (κ2) is 8.47. The van der Waals surface area contributed by atoms with E-state index in [0.717, 1.165) is 26.9 Å². The molecular formula is C21H23ClN2O3S. The van der Waals surface area contributed by atoms with Crippen LogP contribution in [0.4, 0.5) is 0 Å². The van der Waals surface area contributed by atoms with Crippen LogP contribution in [0.2, 0.25) is 5.02 Å². The Hall–Kier alpha value is -2.15. The highest BCUT2D eigenvalue weighted by molar-refractivity contribution is 7.17. The SMILES string of the molecule is COc1ccc(-c2cc(COC(C)(C)C(C)=O)nn2Cc2ccccc2Cl)s1. The second-order valence-corrected chi connectivity index (χ2v) is 8.40. The third-order valence-electron chi connectivity index (χ3n) is 4.57. The Kier molecular flexibility index (Phi) is 6.23. The summed E-state index contributed by atoms with van der Waals surface area (Å²) in [6, 6.07) is 13.6. The molecule has 0 atom stereocenters. The minimum atomic E-state index is -0.848. The first-order valence-electron chi connectivity index (χ1n) is 8.89. The minimum Gasteiger partial charge on any atom is -0.487 e. The van der Waals surface area contributed by atoms with Crippen LogP contribution in [0.25, 0.3) is 10.6 Å². The second-order valence-electron chi connectivity index (χ2n) is 6.95. The smallest absolute Gasteiger partial charge is 0.173 e. The molecule has 148 valence electrons. The quantitative estimate of drug-likeness (QED) is 0.504. The van der Waals surface area contributed by atoms with Gasteiger partial charge in [-0.15, -0.1) is 0 Å². The van der Waals surface area contributed by atoms with Gasteiger partial charge in [-0.25, -0.2) is 0 Å². The van der Waals surface area contributed by atoms with Crippen molar-refractivity contribution < 1.29 is 14.3 Å². The largest absolute Gasteiger partial charge is 0.487 e. The molecule has 5 nitrogen and oxygen atoms in total. The minimum absolute atomic E-state index is 0.0220. The number of ether oxygens (including phenoxy) is 2. The van der Waals surface area contributed by atoms with Gasteiger partial charge in [0.15, 0.2) is 10.8 Å². The molecule has 0 aliphatic heterocycles. The average molecular weight is 419 g/mol. The van der Waals surface area contributed by atoms with Crippen LogP contribution < -0.4 is 4.74 Å². The number of hydrogen-bond acceptors (Lipinski definition) is 5. The third kappa shape index (κ3) is 4.63. The number of carbonyl (C=O) groups is 1. The van der Waals surface area contributed by atoms with E-state index in [1.807, 2.05) is 47.1 Å². The number of Topliss-reactive ketones (excluding diaryl/α,β-unsaturated/α-hetero) is 1. The molecule has 2 heterocycles. The van der Waals surface area contributed by atoms with Crippen LogP contribution >= 0.6 is 22.9 Å². The van der Waals surface area contributed by atoms with E-state index in [4.69, 9.17) is 26.2 Å². The molecule has 0 saturated carbocycles. The zero-order valence-corrected chi connectivity index (χ0v) is 17.9. The standard InChI is InChI=1S/C21H23ClN2O3S/c1-14(25)21(2,3)27-13-16-11-18(19-9-10-20(26-4)28-19)24(23-16)12-15-7-5-6-8-17(15)22/h5-11H,12-13H2,1-4H3. The molecule has 1 aromatic carbocycles. The molecule has 0 aliphatic rings. The number of carbonyl (C=O) groups excluding carboxylic acids is 1. The van der Waals surface area contributed by atoms with Crippen LogP contribution in [-0.2, 0) is 22.7 Å². The molecule has 0 N–H and O–H groups in total. The number of ketones is 1. The zero-order valence-electron chi connectivity index (χ0n) is 16.4. The van der Waals surface area contributed by atoms with E-state index in [2.05, 4.69) is 0 Å². The molecule has 3 rings (SSSR count). The van der Waals surface area contributed by atoms with Gasteiger partial charge in [-0.05, 0) is 50.6 Å². The van der Waals surface area contributed by atoms with Crippen molar-refractivity contribution in [1.82, 2.24) is 9.78 Å². The summed E-state index contributed by atoms with van der Waals surface area (Å²) in [5.41, 5.74) is 1.84. The van der Waals surface area contributed by atoms with Crippen molar-refractivity contribution in [3.8, 4) is 15.6 Å². The topological polar surface area (TPSA) is 53.4 Å². The molecule has 0 saturated heterocycles.